The van der Waals surface area contributed by atoms with Gasteiger partial charge in [0.15, 0.2) is 0 Å². The second-order valence-electron chi connectivity index (χ2n) is 14.9. The lowest BCUT2D eigenvalue weighted by molar-refractivity contribution is 0.173. The van der Waals surface area contributed by atoms with Crippen LogP contribution in [0.2, 0.25) is 0 Å². The van der Waals surface area contributed by atoms with Crippen LogP contribution in [-0.4, -0.2) is 4.57 Å². The van der Waals surface area contributed by atoms with Gasteiger partial charge in [-0.25, -0.2) is 0 Å². The number of rotatable bonds is 3. The summed E-state index contributed by atoms with van der Waals surface area (Å²) in [4.78, 5) is 0. The standard InChI is InChI=1S/C49H37NO/c1-49-26-8-7-14-44(49)42-28-32(19-21-36(42)38-12-5-6-13-43(38)49)33-20-23-40-46(30-33)50(35-10-3-2-4-11-35)45-25-24-37-39(48(40)45)22-18-31-16-17-34(29-41(31)37)47-15-9-27-51-47/h2-14,16-17,19-21,23-30,44,47H,15,18,22H2,1H3. The van der Waals surface area contributed by atoms with Crippen molar-refractivity contribution in [2.24, 2.45) is 0 Å². The molecule has 0 N–H and O–H groups in total. The molecule has 2 heteroatoms. The van der Waals surface area contributed by atoms with Gasteiger partial charge in [-0.2, -0.15) is 0 Å². The quantitative estimate of drug-likeness (QED) is 0.185. The lowest BCUT2D eigenvalue weighted by Crippen LogP contribution is -2.32. The Labute approximate surface area is 298 Å². The summed E-state index contributed by atoms with van der Waals surface area (Å²) in [5, 5.41) is 2.70. The van der Waals surface area contributed by atoms with Crippen LogP contribution in [0.25, 0.3) is 60.9 Å². The van der Waals surface area contributed by atoms with E-state index in [4.69, 9.17) is 4.74 Å². The third-order valence-corrected chi connectivity index (χ3v) is 12.2. The Morgan fingerprint density at radius 2 is 1.53 bits per heavy atom. The minimum atomic E-state index is -0.0693. The number of hydrogen-bond acceptors (Lipinski definition) is 1. The first-order valence-corrected chi connectivity index (χ1v) is 18.4. The Kier molecular flexibility index (Phi) is 6.14. The molecule has 7 aromatic rings. The average Bonchev–Trinajstić information content (AvgIpc) is 3.85. The van der Waals surface area contributed by atoms with Gasteiger partial charge in [0.1, 0.15) is 6.10 Å². The number of ether oxygens (including phenoxy) is 1. The van der Waals surface area contributed by atoms with Crippen LogP contribution < -0.4 is 0 Å². The molecule has 0 spiro atoms. The fraction of sp³-hybridized carbons (Fsp3) is 0.143. The number of hydrogen-bond donors (Lipinski definition) is 0. The van der Waals surface area contributed by atoms with Crippen molar-refractivity contribution in [1.82, 2.24) is 4.57 Å². The van der Waals surface area contributed by atoms with Gasteiger partial charge in [-0.3, -0.25) is 0 Å². The van der Waals surface area contributed by atoms with Crippen LogP contribution in [0.3, 0.4) is 0 Å². The van der Waals surface area contributed by atoms with E-state index in [1.54, 1.807) is 0 Å². The monoisotopic (exact) mass is 655 g/mol. The Hall–Kier alpha value is -5.86. The molecule has 2 heterocycles. The van der Waals surface area contributed by atoms with Crippen LogP contribution in [0.1, 0.15) is 53.2 Å². The number of fused-ring (bicyclic) bond motifs is 13. The number of aromatic nitrogens is 1. The van der Waals surface area contributed by atoms with Gasteiger partial charge in [-0.05, 0) is 117 Å². The number of nitrogens with zero attached hydrogens (tertiary/aromatic N) is 1. The SMILES string of the molecule is CC12C=CC=CC1c1cc(-c3ccc4c5c6c(ccc5n(-c5ccccc5)c4c3)-c3cc(C4CC=CO4)ccc3CC6)ccc1-c1ccccc12. The van der Waals surface area contributed by atoms with Gasteiger partial charge in [0.2, 0.25) is 0 Å². The Morgan fingerprint density at radius 1 is 0.686 bits per heavy atom. The molecular weight excluding hydrogens is 619 g/mol. The van der Waals surface area contributed by atoms with Gasteiger partial charge in [-0.15, -0.1) is 0 Å². The van der Waals surface area contributed by atoms with Crippen molar-refractivity contribution in [3.8, 4) is 39.1 Å². The third kappa shape index (κ3) is 4.17. The van der Waals surface area contributed by atoms with Crippen molar-refractivity contribution >= 4 is 21.8 Å². The van der Waals surface area contributed by atoms with E-state index in [1.807, 2.05) is 6.26 Å². The summed E-state index contributed by atoms with van der Waals surface area (Å²) in [6, 6.07) is 45.9. The predicted molar refractivity (Wildman–Crippen MR) is 210 cm³/mol. The van der Waals surface area contributed by atoms with Crippen LogP contribution in [0.4, 0.5) is 0 Å². The largest absolute Gasteiger partial charge is 0.493 e. The van der Waals surface area contributed by atoms with Crippen LogP contribution in [0.15, 0.2) is 158 Å². The second-order valence-corrected chi connectivity index (χ2v) is 14.9. The van der Waals surface area contributed by atoms with E-state index in [0.29, 0.717) is 5.92 Å². The van der Waals surface area contributed by atoms with Crippen molar-refractivity contribution in [2.45, 2.75) is 43.6 Å². The molecule has 4 aliphatic rings. The minimum absolute atomic E-state index is 0.0693. The van der Waals surface area contributed by atoms with Gasteiger partial charge in [0, 0.05) is 34.2 Å². The van der Waals surface area contributed by atoms with Crippen molar-refractivity contribution in [2.75, 3.05) is 0 Å². The topological polar surface area (TPSA) is 14.2 Å². The number of benzene rings is 6. The van der Waals surface area contributed by atoms with Gasteiger partial charge in [0.05, 0.1) is 17.3 Å². The molecule has 51 heavy (non-hydrogen) atoms. The maximum Gasteiger partial charge on any atom is 0.126 e. The minimum Gasteiger partial charge on any atom is -0.493 e. The molecule has 6 aromatic carbocycles. The molecule has 3 aliphatic carbocycles. The van der Waals surface area contributed by atoms with E-state index in [1.165, 1.54) is 88.7 Å². The van der Waals surface area contributed by atoms with E-state index in [2.05, 4.69) is 163 Å². The highest BCUT2D eigenvalue weighted by Crippen LogP contribution is 2.54. The molecule has 0 radical (unpaired) electrons. The number of aryl methyl sites for hydroxylation is 2. The van der Waals surface area contributed by atoms with Gasteiger partial charge in [-0.1, -0.05) is 116 Å². The lowest BCUT2D eigenvalue weighted by Gasteiger charge is -2.42. The summed E-state index contributed by atoms with van der Waals surface area (Å²) in [5.41, 5.74) is 18.5. The third-order valence-electron chi connectivity index (χ3n) is 12.2. The van der Waals surface area contributed by atoms with Crippen molar-refractivity contribution in [3.05, 3.63) is 186 Å². The molecule has 1 aliphatic heterocycles. The molecule has 3 atom stereocenters. The zero-order chi connectivity index (χ0) is 33.7. The van der Waals surface area contributed by atoms with Crippen LogP contribution in [0, 0.1) is 0 Å². The molecule has 2 nitrogen and oxygen atoms in total. The molecule has 0 saturated heterocycles. The summed E-state index contributed by atoms with van der Waals surface area (Å²) >= 11 is 0. The smallest absolute Gasteiger partial charge is 0.126 e. The molecule has 3 unspecified atom stereocenters. The molecule has 11 rings (SSSR count). The summed E-state index contributed by atoms with van der Waals surface area (Å²) in [5.74, 6) is 0.290. The van der Waals surface area contributed by atoms with Crippen LogP contribution in [0.5, 0.6) is 0 Å². The summed E-state index contributed by atoms with van der Waals surface area (Å²) in [6.45, 7) is 2.40. The van der Waals surface area contributed by atoms with Crippen LogP contribution in [-0.2, 0) is 23.0 Å². The van der Waals surface area contributed by atoms with E-state index < -0.39 is 0 Å². The Morgan fingerprint density at radius 3 is 2.43 bits per heavy atom. The molecule has 0 fully saturated rings. The van der Waals surface area contributed by atoms with Gasteiger partial charge >= 0.3 is 0 Å². The zero-order valence-corrected chi connectivity index (χ0v) is 28.6. The number of allylic oxidation sites excluding steroid dienone is 4. The Balaban J connectivity index is 1.11. The first-order valence-electron chi connectivity index (χ1n) is 18.4. The average molecular weight is 656 g/mol. The van der Waals surface area contributed by atoms with Gasteiger partial charge in [0.25, 0.3) is 0 Å². The summed E-state index contributed by atoms with van der Waals surface area (Å²) in [6.07, 6.45) is 16.3. The molecular formula is C49H37NO. The Bertz CT molecular complexity index is 2660. The van der Waals surface area contributed by atoms with Crippen LogP contribution >= 0.6 is 0 Å². The molecule has 1 aromatic heterocycles. The van der Waals surface area contributed by atoms with Gasteiger partial charge < -0.3 is 9.30 Å². The summed E-state index contributed by atoms with van der Waals surface area (Å²) in [7, 11) is 0. The number of para-hydroxylation sites is 1. The van der Waals surface area contributed by atoms with Crippen molar-refractivity contribution < 1.29 is 4.74 Å². The first kappa shape index (κ1) is 28.9. The predicted octanol–water partition coefficient (Wildman–Crippen LogP) is 12.3. The molecule has 0 saturated carbocycles. The fourth-order valence-electron chi connectivity index (χ4n) is 9.70. The zero-order valence-electron chi connectivity index (χ0n) is 28.6. The maximum atomic E-state index is 5.93. The highest BCUT2D eigenvalue weighted by molar-refractivity contribution is 6.13. The molecule has 0 amide bonds. The first-order chi connectivity index (χ1) is 25.2. The normalized spacial score (nSPS) is 20.8. The van der Waals surface area contributed by atoms with E-state index in [9.17, 15) is 0 Å². The highest BCUT2D eigenvalue weighted by atomic mass is 16.5. The van der Waals surface area contributed by atoms with Crippen molar-refractivity contribution in [1.29, 1.82) is 0 Å². The van der Waals surface area contributed by atoms with E-state index in [0.717, 1.165) is 19.3 Å². The molecule has 0 bridgehead atoms. The summed E-state index contributed by atoms with van der Waals surface area (Å²) < 4.78 is 8.42. The van der Waals surface area contributed by atoms with E-state index >= 15 is 0 Å². The van der Waals surface area contributed by atoms with E-state index in [-0.39, 0.29) is 11.5 Å². The maximum absolute atomic E-state index is 5.93. The highest BCUT2D eigenvalue weighted by Gasteiger charge is 2.41. The molecule has 244 valence electrons. The second kappa shape index (κ2) is 10.8. The van der Waals surface area contributed by atoms with Crippen molar-refractivity contribution in [3.63, 3.8) is 0 Å². The lowest BCUT2D eigenvalue weighted by atomic mass is 9.60. The fourth-order valence-corrected chi connectivity index (χ4v) is 9.70.